The molecule has 3 N–H and O–H groups in total. The molecule has 5 atom stereocenters. The molecule has 1 aliphatic carbocycles. The molecule has 0 aromatic heterocycles. The Morgan fingerprint density at radius 2 is 1.81 bits per heavy atom. The molecule has 1 heterocycles. The lowest BCUT2D eigenvalue weighted by Crippen LogP contribution is -2.60. The second kappa shape index (κ2) is 8.41. The number of hydrogen-bond acceptors (Lipinski definition) is 6. The summed E-state index contributed by atoms with van der Waals surface area (Å²) in [7, 11) is 0. The third-order valence-electron chi connectivity index (χ3n) is 4.21. The number of hydrogen-bond donors (Lipinski definition) is 3. The number of ether oxygens (including phenoxy) is 3. The van der Waals surface area contributed by atoms with Gasteiger partial charge in [-0.1, -0.05) is 26.2 Å². The highest BCUT2D eigenvalue weighted by molar-refractivity contribution is 4.91. The molecule has 0 unspecified atom stereocenters. The molecular weight excluding hydrogens is 276 g/mol. The largest absolute Gasteiger partial charge is 0.394 e. The third-order valence-corrected chi connectivity index (χ3v) is 4.21. The summed E-state index contributed by atoms with van der Waals surface area (Å²) in [6.07, 6.45) is 1.65. The molecule has 124 valence electrons. The molecule has 0 radical (unpaired) electrons. The zero-order valence-corrected chi connectivity index (χ0v) is 12.7. The zero-order chi connectivity index (χ0) is 15.2. The SMILES string of the molecule is CCCO[C@@H]1O[C@H](CO)[C@@H](O)[C@H](OC2CCCCC2)[C@H]1O. The Morgan fingerprint density at radius 1 is 1.10 bits per heavy atom. The van der Waals surface area contributed by atoms with E-state index in [4.69, 9.17) is 14.2 Å². The van der Waals surface area contributed by atoms with E-state index in [9.17, 15) is 15.3 Å². The lowest BCUT2D eigenvalue weighted by molar-refractivity contribution is -0.313. The fraction of sp³-hybridized carbons (Fsp3) is 1.00. The minimum Gasteiger partial charge on any atom is -0.394 e. The van der Waals surface area contributed by atoms with Crippen molar-refractivity contribution in [3.63, 3.8) is 0 Å². The predicted octanol–water partition coefficient (Wildman–Crippen LogP) is 0.570. The van der Waals surface area contributed by atoms with E-state index in [1.807, 2.05) is 6.92 Å². The van der Waals surface area contributed by atoms with E-state index in [-0.39, 0.29) is 12.7 Å². The summed E-state index contributed by atoms with van der Waals surface area (Å²) in [4.78, 5) is 0. The van der Waals surface area contributed by atoms with E-state index in [2.05, 4.69) is 0 Å². The average Bonchev–Trinajstić information content (AvgIpc) is 2.52. The van der Waals surface area contributed by atoms with Crippen LogP contribution in [-0.2, 0) is 14.2 Å². The molecule has 0 bridgehead atoms. The molecule has 1 saturated carbocycles. The van der Waals surface area contributed by atoms with Crippen molar-refractivity contribution in [1.29, 1.82) is 0 Å². The summed E-state index contributed by atoms with van der Waals surface area (Å²) in [6.45, 7) is 2.08. The second-order valence-corrected chi connectivity index (χ2v) is 5.94. The lowest BCUT2D eigenvalue weighted by atomic mass is 9.95. The summed E-state index contributed by atoms with van der Waals surface area (Å²) in [5.41, 5.74) is 0. The first-order valence-electron chi connectivity index (χ1n) is 8.06. The van der Waals surface area contributed by atoms with Crippen molar-refractivity contribution in [3.8, 4) is 0 Å². The standard InChI is InChI=1S/C15H28O6/c1-2-8-19-15-13(18)14(12(17)11(9-16)21-15)20-10-6-4-3-5-7-10/h10-18H,2-9H2,1H3/t11-,12-,13-,14+,15-/m1/s1. The fourth-order valence-corrected chi connectivity index (χ4v) is 3.01. The van der Waals surface area contributed by atoms with E-state index in [0.717, 1.165) is 32.1 Å². The van der Waals surface area contributed by atoms with Crippen LogP contribution in [-0.4, -0.2) is 65.3 Å². The Bertz CT molecular complexity index is 294. The highest BCUT2D eigenvalue weighted by atomic mass is 16.7. The van der Waals surface area contributed by atoms with Crippen LogP contribution in [0.1, 0.15) is 45.4 Å². The van der Waals surface area contributed by atoms with Gasteiger partial charge in [-0.25, -0.2) is 0 Å². The van der Waals surface area contributed by atoms with Crippen molar-refractivity contribution in [2.45, 2.75) is 82.3 Å². The summed E-state index contributed by atoms with van der Waals surface area (Å²) in [5, 5.41) is 29.9. The van der Waals surface area contributed by atoms with Crippen molar-refractivity contribution in [3.05, 3.63) is 0 Å². The maximum atomic E-state index is 10.4. The van der Waals surface area contributed by atoms with Crippen LogP contribution in [0.3, 0.4) is 0 Å². The molecule has 0 aromatic rings. The second-order valence-electron chi connectivity index (χ2n) is 5.94. The van der Waals surface area contributed by atoms with Crippen molar-refractivity contribution in [2.24, 2.45) is 0 Å². The smallest absolute Gasteiger partial charge is 0.186 e. The molecule has 1 saturated heterocycles. The summed E-state index contributed by atoms with van der Waals surface area (Å²) in [5.74, 6) is 0. The van der Waals surface area contributed by atoms with Gasteiger partial charge in [0, 0.05) is 6.61 Å². The van der Waals surface area contributed by atoms with Crippen molar-refractivity contribution in [1.82, 2.24) is 0 Å². The molecule has 2 fully saturated rings. The molecule has 1 aliphatic heterocycles. The quantitative estimate of drug-likeness (QED) is 0.665. The maximum Gasteiger partial charge on any atom is 0.186 e. The molecule has 21 heavy (non-hydrogen) atoms. The van der Waals surface area contributed by atoms with E-state index in [1.54, 1.807) is 0 Å². The maximum absolute atomic E-state index is 10.4. The molecule has 2 rings (SSSR count). The van der Waals surface area contributed by atoms with Gasteiger partial charge in [0.2, 0.25) is 0 Å². The Balaban J connectivity index is 1.99. The summed E-state index contributed by atoms with van der Waals surface area (Å²) >= 11 is 0. The van der Waals surface area contributed by atoms with Crippen LogP contribution in [0.25, 0.3) is 0 Å². The molecule has 6 heteroatoms. The Hall–Kier alpha value is -0.240. The first-order valence-corrected chi connectivity index (χ1v) is 8.06. The average molecular weight is 304 g/mol. The first-order chi connectivity index (χ1) is 10.2. The molecule has 0 aromatic carbocycles. The third kappa shape index (κ3) is 4.37. The van der Waals surface area contributed by atoms with Crippen LogP contribution < -0.4 is 0 Å². The van der Waals surface area contributed by atoms with Gasteiger partial charge in [0.15, 0.2) is 6.29 Å². The van der Waals surface area contributed by atoms with Gasteiger partial charge in [-0.2, -0.15) is 0 Å². The van der Waals surface area contributed by atoms with Crippen molar-refractivity contribution in [2.75, 3.05) is 13.2 Å². The monoisotopic (exact) mass is 304 g/mol. The minimum absolute atomic E-state index is 0.0531. The van der Waals surface area contributed by atoms with Crippen LogP contribution in [0.2, 0.25) is 0 Å². The summed E-state index contributed by atoms with van der Waals surface area (Å²) < 4.78 is 16.8. The zero-order valence-electron chi connectivity index (χ0n) is 12.7. The van der Waals surface area contributed by atoms with Gasteiger partial charge >= 0.3 is 0 Å². The first kappa shape index (κ1) is 17.1. The molecular formula is C15H28O6. The Kier molecular flexibility index (Phi) is 6.85. The van der Waals surface area contributed by atoms with Gasteiger partial charge in [-0.3, -0.25) is 0 Å². The highest BCUT2D eigenvalue weighted by Crippen LogP contribution is 2.29. The Labute approximate surface area is 126 Å². The van der Waals surface area contributed by atoms with Crippen LogP contribution >= 0.6 is 0 Å². The molecule has 6 nitrogen and oxygen atoms in total. The summed E-state index contributed by atoms with van der Waals surface area (Å²) in [6, 6.07) is 0. The van der Waals surface area contributed by atoms with Gasteiger partial charge in [0.05, 0.1) is 12.7 Å². The molecule has 0 amide bonds. The van der Waals surface area contributed by atoms with E-state index < -0.39 is 30.7 Å². The van der Waals surface area contributed by atoms with E-state index in [0.29, 0.717) is 6.61 Å². The van der Waals surface area contributed by atoms with Crippen LogP contribution in [0.15, 0.2) is 0 Å². The van der Waals surface area contributed by atoms with Gasteiger partial charge in [-0.15, -0.1) is 0 Å². The number of rotatable bonds is 6. The van der Waals surface area contributed by atoms with Gasteiger partial charge in [-0.05, 0) is 19.3 Å². The van der Waals surface area contributed by atoms with Crippen LogP contribution in [0.5, 0.6) is 0 Å². The minimum atomic E-state index is -1.05. The predicted molar refractivity (Wildman–Crippen MR) is 75.7 cm³/mol. The van der Waals surface area contributed by atoms with E-state index >= 15 is 0 Å². The normalized spacial score (nSPS) is 38.6. The molecule has 2 aliphatic rings. The van der Waals surface area contributed by atoms with Gasteiger partial charge in [0.25, 0.3) is 0 Å². The van der Waals surface area contributed by atoms with Crippen LogP contribution in [0, 0.1) is 0 Å². The molecule has 0 spiro atoms. The van der Waals surface area contributed by atoms with Crippen molar-refractivity contribution < 1.29 is 29.5 Å². The van der Waals surface area contributed by atoms with E-state index in [1.165, 1.54) is 6.42 Å². The number of aliphatic hydroxyl groups is 3. The van der Waals surface area contributed by atoms with Gasteiger partial charge < -0.3 is 29.5 Å². The Morgan fingerprint density at radius 3 is 2.43 bits per heavy atom. The van der Waals surface area contributed by atoms with Crippen LogP contribution in [0.4, 0.5) is 0 Å². The number of aliphatic hydroxyl groups excluding tert-OH is 3. The van der Waals surface area contributed by atoms with Gasteiger partial charge in [0.1, 0.15) is 24.4 Å². The van der Waals surface area contributed by atoms with Crippen molar-refractivity contribution >= 4 is 0 Å². The fourth-order valence-electron chi connectivity index (χ4n) is 3.01. The topological polar surface area (TPSA) is 88.4 Å². The lowest BCUT2D eigenvalue weighted by Gasteiger charge is -2.43. The highest BCUT2D eigenvalue weighted by Gasteiger charge is 2.46.